The van der Waals surface area contributed by atoms with Gasteiger partial charge in [-0.1, -0.05) is 24.3 Å². The lowest BCUT2D eigenvalue weighted by atomic mass is 9.82. The van der Waals surface area contributed by atoms with Crippen LogP contribution >= 0.6 is 0 Å². The minimum atomic E-state index is 0.340. The lowest BCUT2D eigenvalue weighted by molar-refractivity contribution is 0.179. The van der Waals surface area contributed by atoms with Crippen LogP contribution in [0.3, 0.4) is 0 Å². The topological polar surface area (TPSA) is 20.2 Å². The fourth-order valence-electron chi connectivity index (χ4n) is 1.95. The predicted octanol–water partition coefficient (Wildman–Crippen LogP) is 1.36. The monoisotopic (exact) mass is 136 g/mol. The second kappa shape index (κ2) is 2.24. The number of rotatable bonds is 1. The molecule has 1 N–H and O–H groups in total. The first-order valence-electron chi connectivity index (χ1n) is 3.87. The number of hydrogen-bond acceptors (Lipinski definition) is 1. The summed E-state index contributed by atoms with van der Waals surface area (Å²) in [4.78, 5) is 0. The summed E-state index contributed by atoms with van der Waals surface area (Å²) in [6.07, 6.45) is 10.0. The fraction of sp³-hybridized carbons (Fsp3) is 0.556. The van der Waals surface area contributed by atoms with Crippen molar-refractivity contribution in [2.24, 2.45) is 17.8 Å². The molecule has 54 valence electrons. The van der Waals surface area contributed by atoms with Crippen molar-refractivity contribution in [3.05, 3.63) is 24.3 Å². The van der Waals surface area contributed by atoms with Crippen molar-refractivity contribution >= 4 is 0 Å². The van der Waals surface area contributed by atoms with Gasteiger partial charge in [-0.05, 0) is 18.3 Å². The number of fused-ring (bicyclic) bond motifs is 2. The smallest absolute Gasteiger partial charge is 0.0473 e. The minimum absolute atomic E-state index is 0.340. The van der Waals surface area contributed by atoms with Crippen molar-refractivity contribution in [3.63, 3.8) is 0 Å². The van der Waals surface area contributed by atoms with E-state index in [2.05, 4.69) is 24.3 Å². The van der Waals surface area contributed by atoms with Gasteiger partial charge in [0.15, 0.2) is 0 Å². The van der Waals surface area contributed by atoms with Gasteiger partial charge in [0.05, 0.1) is 0 Å². The van der Waals surface area contributed by atoms with Gasteiger partial charge < -0.3 is 5.11 Å². The van der Waals surface area contributed by atoms with E-state index in [0.29, 0.717) is 24.4 Å². The van der Waals surface area contributed by atoms with E-state index in [0.717, 1.165) is 6.42 Å². The van der Waals surface area contributed by atoms with Crippen LogP contribution in [-0.4, -0.2) is 11.7 Å². The molecule has 0 aromatic carbocycles. The van der Waals surface area contributed by atoms with Gasteiger partial charge in [-0.2, -0.15) is 0 Å². The second-order valence-electron chi connectivity index (χ2n) is 3.14. The average Bonchev–Trinajstić information content (AvgIpc) is 2.19. The first-order chi connectivity index (χ1) is 4.92. The van der Waals surface area contributed by atoms with Gasteiger partial charge in [-0.15, -0.1) is 0 Å². The Bertz CT molecular complexity index is 179. The quantitative estimate of drug-likeness (QED) is 0.539. The van der Waals surface area contributed by atoms with E-state index in [1.54, 1.807) is 0 Å². The lowest BCUT2D eigenvalue weighted by Gasteiger charge is -2.23. The van der Waals surface area contributed by atoms with Gasteiger partial charge in [-0.25, -0.2) is 0 Å². The maximum atomic E-state index is 9.00. The van der Waals surface area contributed by atoms with E-state index >= 15 is 0 Å². The van der Waals surface area contributed by atoms with Gasteiger partial charge in [0.1, 0.15) is 0 Å². The highest BCUT2D eigenvalue weighted by Crippen LogP contribution is 2.37. The third-order valence-corrected chi connectivity index (χ3v) is 2.60. The summed E-state index contributed by atoms with van der Waals surface area (Å²) in [6, 6.07) is 0. The van der Waals surface area contributed by atoms with Crippen molar-refractivity contribution < 1.29 is 5.11 Å². The molecule has 0 aromatic rings. The zero-order chi connectivity index (χ0) is 6.97. The standard InChI is InChI=1S/C9H12O/c10-6-9-7-2-1-3-8(9)5-4-7/h1-2,4-5,7-10H,3,6H2/t7-,8-,9+/m0/s1. The highest BCUT2D eigenvalue weighted by molar-refractivity contribution is 5.18. The first kappa shape index (κ1) is 6.17. The molecule has 1 nitrogen and oxygen atoms in total. The maximum absolute atomic E-state index is 9.00. The number of allylic oxidation sites excluding steroid dienone is 4. The Morgan fingerprint density at radius 2 is 2.20 bits per heavy atom. The second-order valence-corrected chi connectivity index (χ2v) is 3.14. The number of hydrogen-bond donors (Lipinski definition) is 1. The normalized spacial score (nSPS) is 42.7. The molecule has 2 aliphatic rings. The van der Waals surface area contributed by atoms with Crippen molar-refractivity contribution in [3.8, 4) is 0 Å². The van der Waals surface area contributed by atoms with Gasteiger partial charge in [0.2, 0.25) is 0 Å². The maximum Gasteiger partial charge on any atom is 0.0473 e. The highest BCUT2D eigenvalue weighted by Gasteiger charge is 2.30. The molecule has 0 aromatic heterocycles. The number of aliphatic hydroxyl groups excluding tert-OH is 1. The van der Waals surface area contributed by atoms with Gasteiger partial charge in [0, 0.05) is 12.5 Å². The number of aliphatic hydroxyl groups is 1. The minimum Gasteiger partial charge on any atom is -0.396 e. The molecule has 2 rings (SSSR count). The highest BCUT2D eigenvalue weighted by atomic mass is 16.3. The third kappa shape index (κ3) is 0.739. The molecule has 1 heteroatoms. The Balaban J connectivity index is 2.21. The Kier molecular flexibility index (Phi) is 1.38. The molecule has 10 heavy (non-hydrogen) atoms. The zero-order valence-corrected chi connectivity index (χ0v) is 5.90. The summed E-state index contributed by atoms with van der Waals surface area (Å²) in [7, 11) is 0. The van der Waals surface area contributed by atoms with E-state index in [-0.39, 0.29) is 0 Å². The van der Waals surface area contributed by atoms with Crippen molar-refractivity contribution in [2.45, 2.75) is 6.42 Å². The van der Waals surface area contributed by atoms with E-state index in [9.17, 15) is 0 Å². The molecule has 2 aliphatic carbocycles. The van der Waals surface area contributed by atoms with Crippen LogP contribution in [0.2, 0.25) is 0 Å². The summed E-state index contributed by atoms with van der Waals surface area (Å²) in [5.74, 6) is 1.65. The van der Waals surface area contributed by atoms with Gasteiger partial charge in [-0.3, -0.25) is 0 Å². The third-order valence-electron chi connectivity index (χ3n) is 2.60. The summed E-state index contributed by atoms with van der Waals surface area (Å²) < 4.78 is 0. The van der Waals surface area contributed by atoms with E-state index in [1.807, 2.05) is 0 Å². The van der Waals surface area contributed by atoms with Crippen LogP contribution in [0, 0.1) is 17.8 Å². The zero-order valence-electron chi connectivity index (χ0n) is 5.90. The molecule has 0 fully saturated rings. The molecule has 0 saturated carbocycles. The van der Waals surface area contributed by atoms with Crippen LogP contribution in [0.5, 0.6) is 0 Å². The lowest BCUT2D eigenvalue weighted by Crippen LogP contribution is -2.21. The van der Waals surface area contributed by atoms with E-state index < -0.39 is 0 Å². The molecular formula is C9H12O. The Morgan fingerprint density at radius 1 is 1.30 bits per heavy atom. The van der Waals surface area contributed by atoms with Crippen LogP contribution in [0.15, 0.2) is 24.3 Å². The van der Waals surface area contributed by atoms with Crippen LogP contribution in [-0.2, 0) is 0 Å². The molecule has 3 atom stereocenters. The average molecular weight is 136 g/mol. The molecule has 0 spiro atoms. The Labute approximate surface area is 61.1 Å². The summed E-state index contributed by atoms with van der Waals surface area (Å²) >= 11 is 0. The molecule has 0 saturated heterocycles. The van der Waals surface area contributed by atoms with E-state index in [4.69, 9.17) is 5.11 Å². The predicted molar refractivity (Wildman–Crippen MR) is 40.5 cm³/mol. The van der Waals surface area contributed by atoms with Crippen LogP contribution in [0.4, 0.5) is 0 Å². The molecule has 0 unspecified atom stereocenters. The Hall–Kier alpha value is -0.560. The SMILES string of the molecule is OC[C@@H]1[C@H]2C=CC[C@H]1C=C2. The summed E-state index contributed by atoms with van der Waals surface area (Å²) in [5.41, 5.74) is 0. The fourth-order valence-corrected chi connectivity index (χ4v) is 1.95. The van der Waals surface area contributed by atoms with Crippen molar-refractivity contribution in [2.75, 3.05) is 6.61 Å². The van der Waals surface area contributed by atoms with Gasteiger partial charge >= 0.3 is 0 Å². The van der Waals surface area contributed by atoms with Crippen LogP contribution < -0.4 is 0 Å². The summed E-state index contributed by atoms with van der Waals surface area (Å²) in [6.45, 7) is 0.340. The molecule has 0 aliphatic heterocycles. The molecule has 0 heterocycles. The van der Waals surface area contributed by atoms with Crippen molar-refractivity contribution in [1.29, 1.82) is 0 Å². The molecule has 0 amide bonds. The molecule has 2 bridgehead atoms. The Morgan fingerprint density at radius 3 is 2.80 bits per heavy atom. The van der Waals surface area contributed by atoms with Crippen LogP contribution in [0.1, 0.15) is 6.42 Å². The van der Waals surface area contributed by atoms with Gasteiger partial charge in [0.25, 0.3) is 0 Å². The van der Waals surface area contributed by atoms with Crippen LogP contribution in [0.25, 0.3) is 0 Å². The molecular weight excluding hydrogens is 124 g/mol. The van der Waals surface area contributed by atoms with E-state index in [1.165, 1.54) is 0 Å². The van der Waals surface area contributed by atoms with Crippen molar-refractivity contribution in [1.82, 2.24) is 0 Å². The first-order valence-corrected chi connectivity index (χ1v) is 3.87. The summed E-state index contributed by atoms with van der Waals surface area (Å²) in [5, 5.41) is 9.00. The largest absolute Gasteiger partial charge is 0.396 e. The molecule has 0 radical (unpaired) electrons.